The molecule has 176 valence electrons. The molecular weight excluding hydrogens is 451 g/mol. The van der Waals surface area contributed by atoms with Crippen molar-refractivity contribution < 1.29 is 28.6 Å². The van der Waals surface area contributed by atoms with E-state index in [2.05, 4.69) is 4.99 Å². The topological polar surface area (TPSA) is 88.4 Å². The monoisotopic (exact) mass is 472 g/mol. The molecule has 1 unspecified atom stereocenters. The molecule has 1 atom stereocenters. The zero-order chi connectivity index (χ0) is 24.5. The number of carbonyl (C=O) groups excluding carboxylic acids is 2. The third kappa shape index (κ3) is 4.03. The molecule has 0 saturated carbocycles. The van der Waals surface area contributed by atoms with Crippen LogP contribution in [0.5, 0.6) is 5.75 Å². The van der Waals surface area contributed by atoms with Gasteiger partial charge in [0.15, 0.2) is 11.5 Å². The fourth-order valence-corrected chi connectivity index (χ4v) is 4.24. The summed E-state index contributed by atoms with van der Waals surface area (Å²) in [7, 11) is 1.51. The molecule has 0 spiro atoms. The number of benzene rings is 3. The van der Waals surface area contributed by atoms with Gasteiger partial charge in [-0.05, 0) is 66.2 Å². The summed E-state index contributed by atoms with van der Waals surface area (Å²) in [5.41, 5.74) is 1.88. The molecule has 2 aliphatic heterocycles. The van der Waals surface area contributed by atoms with Crippen LogP contribution in [0.15, 0.2) is 89.1 Å². The molecule has 35 heavy (non-hydrogen) atoms. The van der Waals surface area contributed by atoms with Gasteiger partial charge < -0.3 is 14.6 Å². The number of Topliss-reactive ketones (excluding diaryl/α,β-unsaturated/α-hetero) is 1. The van der Waals surface area contributed by atoms with Crippen molar-refractivity contribution in [1.29, 1.82) is 0 Å². The highest BCUT2D eigenvalue weighted by Crippen LogP contribution is 2.42. The number of nitrogens with zero attached hydrogens (tertiary/aromatic N) is 2. The number of aliphatic imine (C=N–C) groups is 1. The van der Waals surface area contributed by atoms with Gasteiger partial charge in [0.25, 0.3) is 5.91 Å². The second-order valence-electron chi connectivity index (χ2n) is 8.03. The minimum absolute atomic E-state index is 0.0839. The number of amides is 1. The molecule has 0 bridgehead atoms. The second kappa shape index (κ2) is 9.06. The van der Waals surface area contributed by atoms with Gasteiger partial charge in [-0.3, -0.25) is 14.5 Å². The minimum atomic E-state index is -0.955. The zero-order valence-corrected chi connectivity index (χ0v) is 18.8. The molecule has 0 aliphatic carbocycles. The molecule has 1 amide bonds. The Bertz CT molecular complexity index is 1350. The molecule has 1 N–H and O–H groups in total. The lowest BCUT2D eigenvalue weighted by molar-refractivity contribution is -0.117. The van der Waals surface area contributed by atoms with Crippen LogP contribution in [0.25, 0.3) is 0 Å². The number of hydrogen-bond donors (Lipinski definition) is 1. The van der Waals surface area contributed by atoms with Crippen molar-refractivity contribution in [3.63, 3.8) is 0 Å². The van der Waals surface area contributed by atoms with Crippen LogP contribution < -0.4 is 9.64 Å². The van der Waals surface area contributed by atoms with Crippen LogP contribution in [-0.2, 0) is 9.53 Å². The standard InChI is InChI=1S/C27H21FN2O5/c1-34-21-12-6-17(7-13-21)24(31)22-23(16-2-8-19(28)9-3-16)30(27(33)25(22)32)20-10-4-18(5-11-20)26-29-14-15-35-26/h2-13,23,32H,14-15H2,1H3. The van der Waals surface area contributed by atoms with Crippen molar-refractivity contribution in [3.8, 4) is 5.75 Å². The smallest absolute Gasteiger partial charge is 0.294 e. The van der Waals surface area contributed by atoms with Crippen molar-refractivity contribution >= 4 is 23.3 Å². The average molecular weight is 472 g/mol. The Hall–Kier alpha value is -4.46. The number of aliphatic hydroxyl groups excluding tert-OH is 1. The van der Waals surface area contributed by atoms with Crippen LogP contribution in [0.1, 0.15) is 27.5 Å². The zero-order valence-electron chi connectivity index (χ0n) is 18.8. The minimum Gasteiger partial charge on any atom is -0.503 e. The summed E-state index contributed by atoms with van der Waals surface area (Å²) in [6.07, 6.45) is 0. The van der Waals surface area contributed by atoms with E-state index in [9.17, 15) is 19.1 Å². The van der Waals surface area contributed by atoms with Crippen molar-refractivity contribution in [2.75, 3.05) is 25.2 Å². The number of methoxy groups -OCH3 is 1. The average Bonchev–Trinajstić information content (AvgIpc) is 3.52. The summed E-state index contributed by atoms with van der Waals surface area (Å²) in [5, 5.41) is 10.9. The molecule has 0 aromatic heterocycles. The summed E-state index contributed by atoms with van der Waals surface area (Å²) < 4.78 is 24.3. The molecule has 3 aromatic carbocycles. The summed E-state index contributed by atoms with van der Waals surface area (Å²) >= 11 is 0. The highest BCUT2D eigenvalue weighted by atomic mass is 19.1. The summed E-state index contributed by atoms with van der Waals surface area (Å²) in [6.45, 7) is 1.10. The molecule has 0 fully saturated rings. The van der Waals surface area contributed by atoms with E-state index < -0.39 is 29.3 Å². The number of aliphatic hydroxyl groups is 1. The third-order valence-electron chi connectivity index (χ3n) is 5.97. The van der Waals surface area contributed by atoms with E-state index in [1.807, 2.05) is 0 Å². The number of ketones is 1. The Balaban J connectivity index is 1.57. The normalized spacial score (nSPS) is 17.4. The van der Waals surface area contributed by atoms with Gasteiger partial charge in [-0.1, -0.05) is 12.1 Å². The van der Waals surface area contributed by atoms with Gasteiger partial charge in [0.1, 0.15) is 18.2 Å². The largest absolute Gasteiger partial charge is 0.503 e. The first-order valence-electron chi connectivity index (χ1n) is 11.0. The lowest BCUT2D eigenvalue weighted by atomic mass is 9.92. The Morgan fingerprint density at radius 1 is 1.06 bits per heavy atom. The quantitative estimate of drug-likeness (QED) is 0.538. The Morgan fingerprint density at radius 2 is 1.74 bits per heavy atom. The molecule has 0 saturated heterocycles. The van der Waals surface area contributed by atoms with Gasteiger partial charge in [0, 0.05) is 16.8 Å². The Kier molecular flexibility index (Phi) is 5.78. The first-order valence-corrected chi connectivity index (χ1v) is 11.0. The fourth-order valence-electron chi connectivity index (χ4n) is 4.24. The van der Waals surface area contributed by atoms with Crippen LogP contribution in [-0.4, -0.2) is 43.0 Å². The van der Waals surface area contributed by atoms with Gasteiger partial charge in [-0.2, -0.15) is 0 Å². The van der Waals surface area contributed by atoms with Crippen LogP contribution in [0.4, 0.5) is 10.1 Å². The van der Waals surface area contributed by atoms with Crippen molar-refractivity contribution in [3.05, 3.63) is 107 Å². The second-order valence-corrected chi connectivity index (χ2v) is 8.03. The molecule has 0 radical (unpaired) electrons. The van der Waals surface area contributed by atoms with Gasteiger partial charge in [-0.15, -0.1) is 0 Å². The maximum Gasteiger partial charge on any atom is 0.294 e. The summed E-state index contributed by atoms with van der Waals surface area (Å²) in [5.74, 6) is -1.25. The first kappa shape index (κ1) is 22.3. The number of rotatable bonds is 6. The highest BCUT2D eigenvalue weighted by Gasteiger charge is 2.44. The van der Waals surface area contributed by atoms with Crippen LogP contribution >= 0.6 is 0 Å². The van der Waals surface area contributed by atoms with Crippen LogP contribution in [0, 0.1) is 5.82 Å². The maximum atomic E-state index is 13.7. The van der Waals surface area contributed by atoms with E-state index in [1.54, 1.807) is 48.5 Å². The fraction of sp³-hybridized carbons (Fsp3) is 0.148. The lowest BCUT2D eigenvalue weighted by Gasteiger charge is -2.27. The molecule has 2 aliphatic rings. The molecule has 2 heterocycles. The van der Waals surface area contributed by atoms with Crippen molar-refractivity contribution in [1.82, 2.24) is 0 Å². The Morgan fingerprint density at radius 3 is 2.34 bits per heavy atom. The van der Waals surface area contributed by atoms with E-state index in [-0.39, 0.29) is 11.1 Å². The van der Waals surface area contributed by atoms with Crippen LogP contribution in [0.3, 0.4) is 0 Å². The van der Waals surface area contributed by atoms with Crippen LogP contribution in [0.2, 0.25) is 0 Å². The predicted octanol–water partition coefficient (Wildman–Crippen LogP) is 4.39. The van der Waals surface area contributed by atoms with Crippen molar-refractivity contribution in [2.45, 2.75) is 6.04 Å². The van der Waals surface area contributed by atoms with E-state index >= 15 is 0 Å². The summed E-state index contributed by atoms with van der Waals surface area (Å²) in [6, 6.07) is 17.8. The highest BCUT2D eigenvalue weighted by molar-refractivity contribution is 6.21. The number of carbonyl (C=O) groups is 2. The molecule has 3 aromatic rings. The SMILES string of the molecule is COc1ccc(C(=O)C2=C(O)C(=O)N(c3ccc(C4=NCCO4)cc3)C2c2ccc(F)cc2)cc1. The van der Waals surface area contributed by atoms with Gasteiger partial charge in [0.05, 0.1) is 25.3 Å². The molecule has 8 heteroatoms. The first-order chi connectivity index (χ1) is 17.0. The number of halogens is 1. The van der Waals surface area contributed by atoms with E-state index in [1.165, 1.54) is 36.3 Å². The van der Waals surface area contributed by atoms with E-state index in [0.717, 1.165) is 5.56 Å². The summed E-state index contributed by atoms with van der Waals surface area (Å²) in [4.78, 5) is 32.4. The Labute approximate surface area is 200 Å². The third-order valence-corrected chi connectivity index (χ3v) is 5.97. The number of ether oxygens (including phenoxy) is 2. The van der Waals surface area contributed by atoms with Gasteiger partial charge >= 0.3 is 0 Å². The van der Waals surface area contributed by atoms with Gasteiger partial charge in [0.2, 0.25) is 5.90 Å². The maximum absolute atomic E-state index is 13.7. The van der Waals surface area contributed by atoms with E-state index in [4.69, 9.17) is 9.47 Å². The molecule has 5 rings (SSSR count). The molecular formula is C27H21FN2O5. The molecule has 7 nitrogen and oxygen atoms in total. The predicted molar refractivity (Wildman–Crippen MR) is 127 cm³/mol. The number of hydrogen-bond acceptors (Lipinski definition) is 6. The lowest BCUT2D eigenvalue weighted by Crippen LogP contribution is -2.31. The van der Waals surface area contributed by atoms with Gasteiger partial charge in [-0.25, -0.2) is 9.38 Å². The number of anilines is 1. The van der Waals surface area contributed by atoms with Crippen molar-refractivity contribution in [2.24, 2.45) is 4.99 Å². The van der Waals surface area contributed by atoms with E-state index in [0.29, 0.717) is 36.0 Å².